The summed E-state index contributed by atoms with van der Waals surface area (Å²) in [5, 5.41) is 12.0. The van der Waals surface area contributed by atoms with Crippen LogP contribution in [0.4, 0.5) is 0 Å². The summed E-state index contributed by atoms with van der Waals surface area (Å²) >= 11 is 0. The van der Waals surface area contributed by atoms with Crippen LogP contribution < -0.4 is 5.32 Å². The van der Waals surface area contributed by atoms with Crippen molar-refractivity contribution < 1.29 is 14.3 Å². The fourth-order valence-electron chi connectivity index (χ4n) is 1.57. The predicted molar refractivity (Wildman–Crippen MR) is 67.7 cm³/mol. The number of oxazole rings is 1. The molecule has 0 saturated carbocycles. The van der Waals surface area contributed by atoms with Crippen LogP contribution >= 0.6 is 0 Å². The molecule has 2 aromatic heterocycles. The van der Waals surface area contributed by atoms with Crippen LogP contribution in [0, 0.1) is 6.92 Å². The summed E-state index contributed by atoms with van der Waals surface area (Å²) < 4.78 is 5.41. The molecule has 0 spiro atoms. The lowest BCUT2D eigenvalue weighted by Crippen LogP contribution is -2.19. The van der Waals surface area contributed by atoms with Gasteiger partial charge in [0, 0.05) is 12.7 Å². The molecule has 100 valence electrons. The first-order chi connectivity index (χ1) is 9.06. The number of aromatic carboxylic acids is 1. The smallest absolute Gasteiger partial charge is 0.337 e. The molecule has 0 amide bonds. The second kappa shape index (κ2) is 5.62. The highest BCUT2D eigenvalue weighted by Crippen LogP contribution is 2.12. The molecule has 1 atom stereocenters. The minimum absolute atomic E-state index is 0.0327. The van der Waals surface area contributed by atoms with Crippen LogP contribution in [0.25, 0.3) is 0 Å². The molecule has 6 heteroatoms. The van der Waals surface area contributed by atoms with Crippen LogP contribution in [0.1, 0.15) is 40.7 Å². The molecule has 19 heavy (non-hydrogen) atoms. The van der Waals surface area contributed by atoms with Gasteiger partial charge in [0.25, 0.3) is 0 Å². The number of hydrogen-bond acceptors (Lipinski definition) is 5. The maximum Gasteiger partial charge on any atom is 0.337 e. The second-order valence-electron chi connectivity index (χ2n) is 4.26. The predicted octanol–water partition coefficient (Wildman–Crippen LogP) is 1.93. The molecule has 0 aliphatic carbocycles. The van der Waals surface area contributed by atoms with E-state index >= 15 is 0 Å². The first kappa shape index (κ1) is 13.2. The lowest BCUT2D eigenvalue weighted by atomic mass is 10.2. The van der Waals surface area contributed by atoms with Gasteiger partial charge in [0.1, 0.15) is 5.76 Å². The van der Waals surface area contributed by atoms with Gasteiger partial charge >= 0.3 is 5.97 Å². The molecule has 0 fully saturated rings. The van der Waals surface area contributed by atoms with E-state index in [1.807, 2.05) is 13.8 Å². The second-order valence-corrected chi connectivity index (χ2v) is 4.26. The third kappa shape index (κ3) is 3.38. The first-order valence-corrected chi connectivity index (χ1v) is 5.90. The Bertz CT molecular complexity index is 563. The number of pyridine rings is 1. The molecule has 0 saturated heterocycles. The Morgan fingerprint density at radius 2 is 2.21 bits per heavy atom. The summed E-state index contributed by atoms with van der Waals surface area (Å²) in [4.78, 5) is 18.9. The van der Waals surface area contributed by atoms with E-state index in [-0.39, 0.29) is 11.6 Å². The van der Waals surface area contributed by atoms with Crippen molar-refractivity contribution in [3.8, 4) is 0 Å². The lowest BCUT2D eigenvalue weighted by Gasteiger charge is -2.09. The summed E-state index contributed by atoms with van der Waals surface area (Å²) in [6.07, 6.45) is 3.02. The largest absolute Gasteiger partial charge is 0.478 e. The van der Waals surface area contributed by atoms with E-state index in [0.29, 0.717) is 12.4 Å². The van der Waals surface area contributed by atoms with Gasteiger partial charge in [-0.25, -0.2) is 9.78 Å². The van der Waals surface area contributed by atoms with Gasteiger partial charge in [0.2, 0.25) is 5.89 Å². The Kier molecular flexibility index (Phi) is 3.91. The number of rotatable bonds is 5. The van der Waals surface area contributed by atoms with Crippen molar-refractivity contribution in [3.05, 3.63) is 47.4 Å². The molecule has 0 aromatic carbocycles. The van der Waals surface area contributed by atoms with E-state index in [1.165, 1.54) is 12.3 Å². The van der Waals surface area contributed by atoms with Gasteiger partial charge in [0.05, 0.1) is 23.5 Å². The van der Waals surface area contributed by atoms with Crippen molar-refractivity contribution in [2.75, 3.05) is 0 Å². The topological polar surface area (TPSA) is 88.2 Å². The van der Waals surface area contributed by atoms with Crippen LogP contribution in [0.15, 0.2) is 28.9 Å². The minimum atomic E-state index is -0.976. The summed E-state index contributed by atoms with van der Waals surface area (Å²) in [7, 11) is 0. The molecule has 0 aliphatic heterocycles. The van der Waals surface area contributed by atoms with Gasteiger partial charge < -0.3 is 14.8 Å². The normalized spacial score (nSPS) is 12.3. The van der Waals surface area contributed by atoms with E-state index in [9.17, 15) is 4.79 Å². The SMILES string of the molecule is Cc1cnc(C(C)NCc2ccc(C(=O)O)cn2)o1. The van der Waals surface area contributed by atoms with Crippen molar-refractivity contribution in [1.29, 1.82) is 0 Å². The van der Waals surface area contributed by atoms with Gasteiger partial charge in [-0.05, 0) is 26.0 Å². The molecule has 2 N–H and O–H groups in total. The molecular weight excluding hydrogens is 246 g/mol. The zero-order valence-electron chi connectivity index (χ0n) is 10.8. The number of aromatic nitrogens is 2. The molecule has 2 heterocycles. The standard InChI is InChI=1S/C13H15N3O3/c1-8-5-16-12(19-8)9(2)14-7-11-4-3-10(6-15-11)13(17)18/h3-6,9,14H,7H2,1-2H3,(H,17,18). The Balaban J connectivity index is 1.93. The van der Waals surface area contributed by atoms with Crippen molar-refractivity contribution in [3.63, 3.8) is 0 Å². The minimum Gasteiger partial charge on any atom is -0.478 e. The number of nitrogens with one attached hydrogen (secondary N) is 1. The van der Waals surface area contributed by atoms with Crippen LogP contribution in [-0.2, 0) is 6.54 Å². The quantitative estimate of drug-likeness (QED) is 0.855. The number of carboxylic acids is 1. The maximum absolute atomic E-state index is 10.7. The fraction of sp³-hybridized carbons (Fsp3) is 0.308. The molecule has 6 nitrogen and oxygen atoms in total. The zero-order chi connectivity index (χ0) is 13.8. The average Bonchev–Trinajstić information content (AvgIpc) is 2.83. The van der Waals surface area contributed by atoms with Gasteiger partial charge in [-0.3, -0.25) is 4.98 Å². The zero-order valence-corrected chi connectivity index (χ0v) is 10.8. The monoisotopic (exact) mass is 261 g/mol. The van der Waals surface area contributed by atoms with Crippen molar-refractivity contribution in [2.24, 2.45) is 0 Å². The fourth-order valence-corrected chi connectivity index (χ4v) is 1.57. The molecule has 0 radical (unpaired) electrons. The van der Waals surface area contributed by atoms with Gasteiger partial charge in [0.15, 0.2) is 0 Å². The molecule has 1 unspecified atom stereocenters. The van der Waals surface area contributed by atoms with Crippen molar-refractivity contribution in [1.82, 2.24) is 15.3 Å². The number of carboxylic acid groups (broad SMARTS) is 1. The number of nitrogens with zero attached hydrogens (tertiary/aromatic N) is 2. The van der Waals surface area contributed by atoms with Crippen LogP contribution in [0.2, 0.25) is 0 Å². The molecule has 0 bridgehead atoms. The van der Waals surface area contributed by atoms with E-state index in [0.717, 1.165) is 11.5 Å². The Morgan fingerprint density at radius 3 is 2.74 bits per heavy atom. The Hall–Kier alpha value is -2.21. The molecule has 2 aromatic rings. The number of hydrogen-bond donors (Lipinski definition) is 2. The maximum atomic E-state index is 10.7. The van der Waals surface area contributed by atoms with Gasteiger partial charge in [-0.2, -0.15) is 0 Å². The summed E-state index contributed by atoms with van der Waals surface area (Å²) in [5.74, 6) is 0.419. The number of carbonyl (C=O) groups is 1. The van der Waals surface area contributed by atoms with E-state index in [2.05, 4.69) is 15.3 Å². The lowest BCUT2D eigenvalue weighted by molar-refractivity contribution is 0.0696. The Morgan fingerprint density at radius 1 is 1.42 bits per heavy atom. The number of aryl methyl sites for hydroxylation is 1. The first-order valence-electron chi connectivity index (χ1n) is 5.90. The van der Waals surface area contributed by atoms with E-state index in [1.54, 1.807) is 12.3 Å². The summed E-state index contributed by atoms with van der Waals surface area (Å²) in [5.41, 5.74) is 0.945. The molecular formula is C13H15N3O3. The average molecular weight is 261 g/mol. The van der Waals surface area contributed by atoms with Crippen LogP contribution in [-0.4, -0.2) is 21.0 Å². The van der Waals surface area contributed by atoms with E-state index in [4.69, 9.17) is 9.52 Å². The van der Waals surface area contributed by atoms with Crippen LogP contribution in [0.3, 0.4) is 0 Å². The van der Waals surface area contributed by atoms with Gasteiger partial charge in [-0.15, -0.1) is 0 Å². The third-order valence-electron chi connectivity index (χ3n) is 2.67. The highest BCUT2D eigenvalue weighted by molar-refractivity contribution is 5.87. The summed E-state index contributed by atoms with van der Waals surface area (Å²) in [6.45, 7) is 4.30. The van der Waals surface area contributed by atoms with Crippen molar-refractivity contribution >= 4 is 5.97 Å². The summed E-state index contributed by atoms with van der Waals surface area (Å²) in [6, 6.07) is 3.19. The Labute approximate surface area is 110 Å². The third-order valence-corrected chi connectivity index (χ3v) is 2.67. The highest BCUT2D eigenvalue weighted by Gasteiger charge is 2.11. The van der Waals surface area contributed by atoms with Crippen molar-refractivity contribution in [2.45, 2.75) is 26.4 Å². The molecule has 2 rings (SSSR count). The van der Waals surface area contributed by atoms with Crippen LogP contribution in [0.5, 0.6) is 0 Å². The van der Waals surface area contributed by atoms with Gasteiger partial charge in [-0.1, -0.05) is 0 Å². The van der Waals surface area contributed by atoms with E-state index < -0.39 is 5.97 Å². The molecule has 0 aliphatic rings. The highest BCUT2D eigenvalue weighted by atomic mass is 16.4.